The number of benzene rings is 1. The van der Waals surface area contributed by atoms with E-state index in [1.54, 1.807) is 7.11 Å². The molecule has 2 atom stereocenters. The summed E-state index contributed by atoms with van der Waals surface area (Å²) in [5, 5.41) is 2.98. The first-order valence-corrected chi connectivity index (χ1v) is 9.29. The Morgan fingerprint density at radius 3 is 2.35 bits per heavy atom. The smallest absolute Gasteiger partial charge is 0.226 e. The summed E-state index contributed by atoms with van der Waals surface area (Å²) in [6.07, 6.45) is 0.674. The lowest BCUT2D eigenvalue weighted by atomic mass is 10.1. The van der Waals surface area contributed by atoms with Gasteiger partial charge in [-0.2, -0.15) is 0 Å². The molecule has 2 amide bonds. The molecule has 2 aliphatic rings. The molecule has 3 rings (SSSR count). The summed E-state index contributed by atoms with van der Waals surface area (Å²) in [6, 6.07) is 7.95. The van der Waals surface area contributed by atoms with Crippen molar-refractivity contribution in [1.29, 1.82) is 0 Å². The largest absolute Gasteiger partial charge is 0.495 e. The van der Waals surface area contributed by atoms with Gasteiger partial charge in [0.1, 0.15) is 5.75 Å². The van der Waals surface area contributed by atoms with Crippen molar-refractivity contribution < 1.29 is 14.3 Å². The second kappa shape index (κ2) is 7.17. The highest BCUT2D eigenvalue weighted by Gasteiger charge is 2.50. The quantitative estimate of drug-likeness (QED) is 0.892. The van der Waals surface area contributed by atoms with Crippen LogP contribution in [-0.2, 0) is 9.59 Å². The van der Waals surface area contributed by atoms with Gasteiger partial charge in [0, 0.05) is 31.7 Å². The SMILES string of the molecule is COc1ccccc1N1CCN(C(=O)C2CC2C(=O)NC(C)(C)C)CC1. The molecule has 2 fully saturated rings. The van der Waals surface area contributed by atoms with Gasteiger partial charge >= 0.3 is 0 Å². The minimum Gasteiger partial charge on any atom is -0.495 e. The maximum absolute atomic E-state index is 12.7. The van der Waals surface area contributed by atoms with Crippen LogP contribution in [0.3, 0.4) is 0 Å². The predicted octanol–water partition coefficient (Wildman–Crippen LogP) is 1.89. The van der Waals surface area contributed by atoms with Crippen LogP contribution >= 0.6 is 0 Å². The van der Waals surface area contributed by atoms with Crippen molar-refractivity contribution in [2.75, 3.05) is 38.2 Å². The van der Waals surface area contributed by atoms with Crippen molar-refractivity contribution in [1.82, 2.24) is 10.2 Å². The maximum Gasteiger partial charge on any atom is 0.226 e. The molecule has 6 nitrogen and oxygen atoms in total. The van der Waals surface area contributed by atoms with Crippen LogP contribution in [-0.4, -0.2) is 55.5 Å². The maximum atomic E-state index is 12.7. The van der Waals surface area contributed by atoms with E-state index in [0.717, 1.165) is 24.5 Å². The van der Waals surface area contributed by atoms with Crippen molar-refractivity contribution in [2.24, 2.45) is 11.8 Å². The van der Waals surface area contributed by atoms with E-state index in [1.807, 2.05) is 49.9 Å². The van der Waals surface area contributed by atoms with Crippen molar-refractivity contribution in [3.8, 4) is 5.75 Å². The highest BCUT2D eigenvalue weighted by molar-refractivity contribution is 5.92. The van der Waals surface area contributed by atoms with E-state index in [2.05, 4.69) is 10.2 Å². The fourth-order valence-electron chi connectivity index (χ4n) is 3.51. The number of hydrogen-bond donors (Lipinski definition) is 1. The molecule has 6 heteroatoms. The minimum atomic E-state index is -0.256. The van der Waals surface area contributed by atoms with Gasteiger partial charge in [-0.1, -0.05) is 12.1 Å². The van der Waals surface area contributed by atoms with Crippen molar-refractivity contribution in [3.63, 3.8) is 0 Å². The minimum absolute atomic E-state index is 0.00325. The van der Waals surface area contributed by atoms with Crippen LogP contribution in [0.4, 0.5) is 5.69 Å². The van der Waals surface area contributed by atoms with Crippen LogP contribution in [0.15, 0.2) is 24.3 Å². The fourth-order valence-corrected chi connectivity index (χ4v) is 3.51. The third kappa shape index (κ3) is 4.11. The van der Waals surface area contributed by atoms with Crippen LogP contribution in [0, 0.1) is 11.8 Å². The zero-order chi connectivity index (χ0) is 18.9. The molecule has 2 unspecified atom stereocenters. The predicted molar refractivity (Wildman–Crippen MR) is 101 cm³/mol. The fraction of sp³-hybridized carbons (Fsp3) is 0.600. The molecule has 1 aliphatic heterocycles. The van der Waals surface area contributed by atoms with Gasteiger partial charge in [0.15, 0.2) is 0 Å². The van der Waals surface area contributed by atoms with E-state index in [1.165, 1.54) is 0 Å². The van der Waals surface area contributed by atoms with E-state index in [9.17, 15) is 9.59 Å². The molecule has 1 saturated carbocycles. The number of hydrogen-bond acceptors (Lipinski definition) is 4. The number of rotatable bonds is 4. The molecule has 0 bridgehead atoms. The molecule has 0 aromatic heterocycles. The van der Waals surface area contributed by atoms with Gasteiger partial charge in [-0.25, -0.2) is 0 Å². The van der Waals surface area contributed by atoms with E-state index in [4.69, 9.17) is 4.74 Å². The first-order valence-electron chi connectivity index (χ1n) is 9.29. The number of nitrogens with zero attached hydrogens (tertiary/aromatic N) is 2. The number of carbonyl (C=O) groups is 2. The van der Waals surface area contributed by atoms with Crippen LogP contribution in [0.5, 0.6) is 5.75 Å². The molecule has 1 aromatic rings. The van der Waals surface area contributed by atoms with E-state index in [0.29, 0.717) is 19.5 Å². The van der Waals surface area contributed by atoms with Crippen LogP contribution < -0.4 is 15.0 Å². The van der Waals surface area contributed by atoms with Gasteiger partial charge in [-0.05, 0) is 39.3 Å². The summed E-state index contributed by atoms with van der Waals surface area (Å²) in [5.41, 5.74) is 0.809. The van der Waals surface area contributed by atoms with E-state index >= 15 is 0 Å². The van der Waals surface area contributed by atoms with Crippen LogP contribution in [0.25, 0.3) is 0 Å². The molecule has 0 radical (unpaired) electrons. The summed E-state index contributed by atoms with van der Waals surface area (Å²) in [4.78, 5) is 29.1. The Bertz CT molecular complexity index is 675. The number of ether oxygens (including phenoxy) is 1. The number of para-hydroxylation sites is 2. The molecule has 142 valence electrons. The Hall–Kier alpha value is -2.24. The number of carbonyl (C=O) groups excluding carboxylic acids is 2. The van der Waals surface area contributed by atoms with Gasteiger partial charge in [0.25, 0.3) is 0 Å². The lowest BCUT2D eigenvalue weighted by Gasteiger charge is -2.36. The van der Waals surface area contributed by atoms with Crippen molar-refractivity contribution in [2.45, 2.75) is 32.7 Å². The van der Waals surface area contributed by atoms with E-state index in [-0.39, 0.29) is 29.2 Å². The van der Waals surface area contributed by atoms with Crippen LogP contribution in [0.1, 0.15) is 27.2 Å². The molecule has 1 saturated heterocycles. The Morgan fingerprint density at radius 1 is 1.08 bits per heavy atom. The third-order valence-corrected chi connectivity index (χ3v) is 4.96. The zero-order valence-electron chi connectivity index (χ0n) is 16.1. The zero-order valence-corrected chi connectivity index (χ0v) is 16.1. The Labute approximate surface area is 155 Å². The number of nitrogens with one attached hydrogen (secondary N) is 1. The molecule has 1 heterocycles. The highest BCUT2D eigenvalue weighted by atomic mass is 16.5. The normalized spacial score (nSPS) is 22.8. The molecule has 1 aromatic carbocycles. The Balaban J connectivity index is 1.53. The molecule has 0 spiro atoms. The second-order valence-corrected chi connectivity index (χ2v) is 8.17. The lowest BCUT2D eigenvalue weighted by Crippen LogP contribution is -2.50. The molecular weight excluding hydrogens is 330 g/mol. The Kier molecular flexibility index (Phi) is 5.12. The number of anilines is 1. The van der Waals surface area contributed by atoms with Crippen molar-refractivity contribution in [3.05, 3.63) is 24.3 Å². The monoisotopic (exact) mass is 359 g/mol. The second-order valence-electron chi connectivity index (χ2n) is 8.17. The Morgan fingerprint density at radius 2 is 1.73 bits per heavy atom. The summed E-state index contributed by atoms with van der Waals surface area (Å²) in [7, 11) is 1.68. The average molecular weight is 359 g/mol. The summed E-state index contributed by atoms with van der Waals surface area (Å²) in [6.45, 7) is 8.79. The van der Waals surface area contributed by atoms with Gasteiger partial charge in [-0.15, -0.1) is 0 Å². The number of amides is 2. The first kappa shape index (κ1) is 18.5. The van der Waals surface area contributed by atoms with Gasteiger partial charge in [-0.3, -0.25) is 9.59 Å². The molecular formula is C20H29N3O3. The first-order chi connectivity index (χ1) is 12.3. The summed E-state index contributed by atoms with van der Waals surface area (Å²) >= 11 is 0. The standard InChI is InChI=1S/C20H29N3O3/c1-20(2,3)21-18(24)14-13-15(14)19(25)23-11-9-22(10-12-23)16-7-5-6-8-17(16)26-4/h5-8,14-15H,9-13H2,1-4H3,(H,21,24). The summed E-state index contributed by atoms with van der Waals surface area (Å²) < 4.78 is 5.43. The molecule has 1 aliphatic carbocycles. The lowest BCUT2D eigenvalue weighted by molar-refractivity contribution is -0.135. The third-order valence-electron chi connectivity index (χ3n) is 4.96. The highest BCUT2D eigenvalue weighted by Crippen LogP contribution is 2.41. The molecule has 26 heavy (non-hydrogen) atoms. The topological polar surface area (TPSA) is 61.9 Å². The average Bonchev–Trinajstić information content (AvgIpc) is 3.41. The van der Waals surface area contributed by atoms with Gasteiger partial charge in [0.2, 0.25) is 11.8 Å². The summed E-state index contributed by atoms with van der Waals surface area (Å²) in [5.74, 6) is 0.680. The number of piperazine rings is 1. The van der Waals surface area contributed by atoms with Crippen molar-refractivity contribution >= 4 is 17.5 Å². The van der Waals surface area contributed by atoms with E-state index < -0.39 is 0 Å². The number of methoxy groups -OCH3 is 1. The van der Waals surface area contributed by atoms with Gasteiger partial charge in [0.05, 0.1) is 24.6 Å². The van der Waals surface area contributed by atoms with Gasteiger partial charge < -0.3 is 19.9 Å². The molecule has 1 N–H and O–H groups in total. The van der Waals surface area contributed by atoms with Crippen LogP contribution in [0.2, 0.25) is 0 Å².